The molecule has 2 atom stereocenters. The quantitative estimate of drug-likeness (QED) is 0.482. The summed E-state index contributed by atoms with van der Waals surface area (Å²) >= 11 is 9.37. The van der Waals surface area contributed by atoms with E-state index >= 15 is 0 Å². The molecule has 6 heteroatoms. The molecule has 148 valence electrons. The van der Waals surface area contributed by atoms with Crippen LogP contribution in [0.1, 0.15) is 55.2 Å². The molecule has 5 rings (SSSR count). The van der Waals surface area contributed by atoms with Crippen LogP contribution in [0.5, 0.6) is 0 Å². The first-order chi connectivity index (χ1) is 14.2. The van der Waals surface area contributed by atoms with E-state index < -0.39 is 0 Å². The minimum absolute atomic E-state index is 0.00222. The lowest BCUT2D eigenvalue weighted by Crippen LogP contribution is -2.30. The van der Waals surface area contributed by atoms with Crippen molar-refractivity contribution in [3.05, 3.63) is 82.9 Å². The van der Waals surface area contributed by atoms with Crippen molar-refractivity contribution in [2.45, 2.75) is 43.8 Å². The van der Waals surface area contributed by atoms with Gasteiger partial charge in [0.05, 0.1) is 11.7 Å². The predicted molar refractivity (Wildman–Crippen MR) is 124 cm³/mol. The van der Waals surface area contributed by atoms with Crippen LogP contribution in [-0.4, -0.2) is 14.7 Å². The van der Waals surface area contributed by atoms with E-state index in [0.717, 1.165) is 21.0 Å². The van der Waals surface area contributed by atoms with Gasteiger partial charge in [-0.25, -0.2) is 0 Å². The fourth-order valence-electron chi connectivity index (χ4n) is 4.71. The molecule has 1 aromatic carbocycles. The first kappa shape index (κ1) is 18.8. The standard InChI is InChI=1S/C23H23BrN4S/c24-16-10-12-18(13-11-16)28-22(20-9-5-15-27(20)17-6-1-2-7-17)21(26-23(28)29)19-8-3-4-14-25-19/h3-5,8-15,17,21-22H,1-2,6-7H2,(H,26,29)/t21-,22+/m0/s1. The van der Waals surface area contributed by atoms with Crippen LogP contribution in [0.25, 0.3) is 0 Å². The molecule has 2 aliphatic rings. The predicted octanol–water partition coefficient (Wildman–Crippen LogP) is 5.94. The summed E-state index contributed by atoms with van der Waals surface area (Å²) in [6.45, 7) is 0. The average Bonchev–Trinajstić information content (AvgIpc) is 3.48. The van der Waals surface area contributed by atoms with Gasteiger partial charge < -0.3 is 14.8 Å². The zero-order valence-corrected chi connectivity index (χ0v) is 18.4. The van der Waals surface area contributed by atoms with Gasteiger partial charge in [0.25, 0.3) is 0 Å². The van der Waals surface area contributed by atoms with Crippen LogP contribution < -0.4 is 10.2 Å². The van der Waals surface area contributed by atoms with Crippen LogP contribution in [0, 0.1) is 0 Å². The Morgan fingerprint density at radius 2 is 1.79 bits per heavy atom. The summed E-state index contributed by atoms with van der Waals surface area (Å²) in [5.41, 5.74) is 3.40. The molecule has 0 unspecified atom stereocenters. The first-order valence-corrected chi connectivity index (χ1v) is 11.4. The van der Waals surface area contributed by atoms with Gasteiger partial charge in [-0.05, 0) is 73.6 Å². The summed E-state index contributed by atoms with van der Waals surface area (Å²) in [5, 5.41) is 4.30. The largest absolute Gasteiger partial charge is 0.351 e. The van der Waals surface area contributed by atoms with Crippen LogP contribution in [0.4, 0.5) is 5.69 Å². The van der Waals surface area contributed by atoms with Crippen LogP contribution in [0.15, 0.2) is 71.5 Å². The number of benzene rings is 1. The van der Waals surface area contributed by atoms with E-state index in [9.17, 15) is 0 Å². The Kier molecular flexibility index (Phi) is 5.14. The molecule has 2 aromatic heterocycles. The van der Waals surface area contributed by atoms with E-state index in [1.54, 1.807) is 0 Å². The van der Waals surface area contributed by atoms with E-state index in [1.165, 1.54) is 31.4 Å². The van der Waals surface area contributed by atoms with Crippen molar-refractivity contribution in [1.29, 1.82) is 0 Å². The van der Waals surface area contributed by atoms with E-state index in [1.807, 2.05) is 18.3 Å². The summed E-state index contributed by atoms with van der Waals surface area (Å²) in [6.07, 6.45) is 9.21. The van der Waals surface area contributed by atoms with Crippen LogP contribution >= 0.6 is 28.1 Å². The van der Waals surface area contributed by atoms with E-state index in [2.05, 4.69) is 84.4 Å². The summed E-state index contributed by atoms with van der Waals surface area (Å²) < 4.78 is 3.54. The minimum atomic E-state index is 0.00222. The Bertz CT molecular complexity index is 995. The number of anilines is 1. The number of nitrogens with zero attached hydrogens (tertiary/aromatic N) is 3. The van der Waals surface area contributed by atoms with Crippen LogP contribution in [0.2, 0.25) is 0 Å². The second-order valence-electron chi connectivity index (χ2n) is 7.75. The number of hydrogen-bond donors (Lipinski definition) is 1. The van der Waals surface area contributed by atoms with E-state index in [-0.39, 0.29) is 12.1 Å². The Labute approximate surface area is 185 Å². The molecule has 29 heavy (non-hydrogen) atoms. The topological polar surface area (TPSA) is 33.1 Å². The second kappa shape index (κ2) is 7.92. The Balaban J connectivity index is 1.62. The smallest absolute Gasteiger partial charge is 0.174 e. The SMILES string of the molecule is S=C1N[C@@H](c2ccccn2)[C@@H](c2cccn2C2CCCC2)N1c1ccc(Br)cc1. The monoisotopic (exact) mass is 466 g/mol. The molecular weight excluding hydrogens is 444 g/mol. The molecule has 0 radical (unpaired) electrons. The number of hydrogen-bond acceptors (Lipinski definition) is 2. The Morgan fingerprint density at radius 1 is 1.00 bits per heavy atom. The first-order valence-electron chi connectivity index (χ1n) is 10.2. The highest BCUT2D eigenvalue weighted by Crippen LogP contribution is 2.43. The lowest BCUT2D eigenvalue weighted by Gasteiger charge is -2.30. The molecule has 0 bridgehead atoms. The van der Waals surface area contributed by atoms with Gasteiger partial charge in [0.15, 0.2) is 5.11 Å². The number of nitrogens with one attached hydrogen (secondary N) is 1. The zero-order chi connectivity index (χ0) is 19.8. The van der Waals surface area contributed by atoms with Gasteiger partial charge in [-0.3, -0.25) is 4.98 Å². The molecule has 3 heterocycles. The summed E-state index contributed by atoms with van der Waals surface area (Å²) in [4.78, 5) is 6.91. The number of rotatable bonds is 4. The molecule has 1 aliphatic carbocycles. The molecule has 4 nitrogen and oxygen atoms in total. The van der Waals surface area contributed by atoms with Gasteiger partial charge in [0.1, 0.15) is 6.04 Å². The summed E-state index contributed by atoms with van der Waals surface area (Å²) in [7, 11) is 0. The molecule has 1 saturated heterocycles. The van der Waals surface area contributed by atoms with Crippen molar-refractivity contribution in [2.24, 2.45) is 0 Å². The fraction of sp³-hybridized carbons (Fsp3) is 0.304. The van der Waals surface area contributed by atoms with Crippen molar-refractivity contribution >= 4 is 38.9 Å². The maximum atomic E-state index is 5.83. The highest BCUT2D eigenvalue weighted by Gasteiger charge is 2.42. The minimum Gasteiger partial charge on any atom is -0.351 e. The summed E-state index contributed by atoms with van der Waals surface area (Å²) in [5.74, 6) is 0. The van der Waals surface area contributed by atoms with Crippen LogP contribution in [-0.2, 0) is 0 Å². The molecule has 2 fully saturated rings. The lowest BCUT2D eigenvalue weighted by molar-refractivity contribution is 0.461. The molecule has 0 spiro atoms. The van der Waals surface area contributed by atoms with Gasteiger partial charge in [0, 0.05) is 34.3 Å². The molecule has 1 N–H and O–H groups in total. The Morgan fingerprint density at radius 3 is 2.52 bits per heavy atom. The summed E-state index contributed by atoms with van der Waals surface area (Å²) in [6, 6.07) is 19.5. The van der Waals surface area contributed by atoms with Gasteiger partial charge >= 0.3 is 0 Å². The Hall–Kier alpha value is -2.18. The zero-order valence-electron chi connectivity index (χ0n) is 16.0. The van der Waals surface area contributed by atoms with Crippen molar-refractivity contribution in [1.82, 2.24) is 14.9 Å². The third-order valence-electron chi connectivity index (χ3n) is 6.04. The number of pyridine rings is 1. The van der Waals surface area contributed by atoms with Gasteiger partial charge in [0.2, 0.25) is 0 Å². The molecular formula is C23H23BrN4S. The van der Waals surface area contributed by atoms with E-state index in [4.69, 9.17) is 12.2 Å². The molecule has 1 aliphatic heterocycles. The second-order valence-corrected chi connectivity index (χ2v) is 9.05. The number of thiocarbonyl (C=S) groups is 1. The van der Waals surface area contributed by atoms with Crippen molar-refractivity contribution < 1.29 is 0 Å². The maximum absolute atomic E-state index is 5.83. The highest BCUT2D eigenvalue weighted by atomic mass is 79.9. The third kappa shape index (κ3) is 3.49. The maximum Gasteiger partial charge on any atom is 0.174 e. The van der Waals surface area contributed by atoms with Crippen molar-refractivity contribution in [3.8, 4) is 0 Å². The van der Waals surface area contributed by atoms with Gasteiger partial charge in [-0.15, -0.1) is 0 Å². The fourth-order valence-corrected chi connectivity index (χ4v) is 5.32. The van der Waals surface area contributed by atoms with Crippen molar-refractivity contribution in [3.63, 3.8) is 0 Å². The normalized spacial score (nSPS) is 22.2. The molecule has 1 saturated carbocycles. The van der Waals surface area contributed by atoms with Gasteiger partial charge in [-0.1, -0.05) is 34.8 Å². The molecule has 3 aromatic rings. The average molecular weight is 467 g/mol. The van der Waals surface area contributed by atoms with Gasteiger partial charge in [-0.2, -0.15) is 0 Å². The third-order valence-corrected chi connectivity index (χ3v) is 6.88. The van der Waals surface area contributed by atoms with Crippen molar-refractivity contribution in [2.75, 3.05) is 4.90 Å². The lowest BCUT2D eigenvalue weighted by atomic mass is 10.0. The van der Waals surface area contributed by atoms with Crippen LogP contribution in [0.3, 0.4) is 0 Å². The van der Waals surface area contributed by atoms with E-state index in [0.29, 0.717) is 6.04 Å². The number of aromatic nitrogens is 2. The highest BCUT2D eigenvalue weighted by molar-refractivity contribution is 9.10. The number of halogens is 1. The molecule has 0 amide bonds.